The van der Waals surface area contributed by atoms with Crippen LogP contribution in [0.3, 0.4) is 0 Å². The average molecular weight is 424 g/mol. The van der Waals surface area contributed by atoms with E-state index in [1.54, 1.807) is 0 Å². The zero-order chi connectivity index (χ0) is 21.1. The van der Waals surface area contributed by atoms with E-state index in [0.29, 0.717) is 24.0 Å². The van der Waals surface area contributed by atoms with E-state index < -0.39 is 0 Å². The van der Waals surface area contributed by atoms with Crippen molar-refractivity contribution in [1.29, 1.82) is 0 Å². The smallest absolute Gasteiger partial charge is 0.222 e. The van der Waals surface area contributed by atoms with Crippen molar-refractivity contribution in [3.8, 4) is 0 Å². The lowest BCUT2D eigenvalue weighted by atomic mass is 9.87. The molecule has 3 saturated heterocycles. The predicted molar refractivity (Wildman–Crippen MR) is 124 cm³/mol. The summed E-state index contributed by atoms with van der Waals surface area (Å²) < 4.78 is 5.93. The lowest BCUT2D eigenvalue weighted by Crippen LogP contribution is -2.47. The monoisotopic (exact) mass is 423 g/mol. The summed E-state index contributed by atoms with van der Waals surface area (Å²) in [6.07, 6.45) is 13.6. The first-order valence-electron chi connectivity index (χ1n) is 12.4. The van der Waals surface area contributed by atoms with E-state index in [1.165, 1.54) is 55.1 Å². The summed E-state index contributed by atoms with van der Waals surface area (Å²) in [7, 11) is 0. The van der Waals surface area contributed by atoms with Crippen LogP contribution in [0.4, 0.5) is 0 Å². The fourth-order valence-corrected chi connectivity index (χ4v) is 6.23. The third kappa shape index (κ3) is 4.54. The Hall–Kier alpha value is -1.85. The number of H-pyrrole nitrogens is 1. The van der Waals surface area contributed by atoms with Gasteiger partial charge >= 0.3 is 0 Å². The second kappa shape index (κ2) is 9.33. The Morgan fingerprint density at radius 3 is 2.84 bits per heavy atom. The molecule has 3 aliphatic heterocycles. The Kier molecular flexibility index (Phi) is 6.33. The van der Waals surface area contributed by atoms with Gasteiger partial charge in [-0.25, -0.2) is 0 Å². The molecule has 0 saturated carbocycles. The number of aryl methyl sites for hydroxylation is 1. The Morgan fingerprint density at radius 1 is 1.10 bits per heavy atom. The van der Waals surface area contributed by atoms with Crippen molar-refractivity contribution in [3.63, 3.8) is 0 Å². The van der Waals surface area contributed by atoms with Gasteiger partial charge in [0.15, 0.2) is 0 Å². The van der Waals surface area contributed by atoms with Crippen LogP contribution in [0.1, 0.15) is 63.4 Å². The molecule has 5 rings (SSSR count). The van der Waals surface area contributed by atoms with Crippen LogP contribution >= 0.6 is 0 Å². The van der Waals surface area contributed by atoms with E-state index >= 15 is 0 Å². The summed E-state index contributed by atoms with van der Waals surface area (Å²) in [6.45, 7) is 5.10. The molecule has 4 heterocycles. The fourth-order valence-electron chi connectivity index (χ4n) is 6.23. The van der Waals surface area contributed by atoms with E-state index in [4.69, 9.17) is 4.74 Å². The highest BCUT2D eigenvalue weighted by Crippen LogP contribution is 2.39. The van der Waals surface area contributed by atoms with E-state index in [9.17, 15) is 4.79 Å². The summed E-state index contributed by atoms with van der Waals surface area (Å²) in [6, 6.07) is 8.43. The molecule has 168 valence electrons. The number of para-hydroxylation sites is 1. The third-order valence-corrected chi connectivity index (χ3v) is 7.97. The first-order chi connectivity index (χ1) is 15.2. The molecule has 2 atom stereocenters. The number of carbonyl (C=O) groups is 1. The lowest BCUT2D eigenvalue weighted by Gasteiger charge is -2.39. The standard InChI is InChI=1S/C26H37N3O2/c30-25(11-3-7-21-19-27-24-10-2-1-9-23(21)24)28-15-5-12-26(14-17-28)13-6-16-29(26)20-22-8-4-18-31-22/h1-2,9-10,19,22,27H,3-8,11-18,20H2/t22-,26+/m1/s1. The Balaban J connectivity index is 1.13. The van der Waals surface area contributed by atoms with Gasteiger partial charge in [-0.2, -0.15) is 0 Å². The van der Waals surface area contributed by atoms with Gasteiger partial charge in [0.05, 0.1) is 6.10 Å². The maximum atomic E-state index is 13.0. The topological polar surface area (TPSA) is 48.6 Å². The van der Waals surface area contributed by atoms with Crippen molar-refractivity contribution < 1.29 is 9.53 Å². The van der Waals surface area contributed by atoms with Crippen LogP contribution in [0.5, 0.6) is 0 Å². The van der Waals surface area contributed by atoms with Crippen molar-refractivity contribution in [2.45, 2.75) is 75.9 Å². The number of hydrogen-bond donors (Lipinski definition) is 1. The molecule has 3 aliphatic rings. The molecule has 1 spiro atoms. The number of benzene rings is 1. The number of aromatic amines is 1. The van der Waals surface area contributed by atoms with Crippen LogP contribution < -0.4 is 0 Å². The largest absolute Gasteiger partial charge is 0.377 e. The van der Waals surface area contributed by atoms with Gasteiger partial charge in [-0.3, -0.25) is 9.69 Å². The fraction of sp³-hybridized carbons (Fsp3) is 0.654. The Labute approximate surface area is 186 Å². The zero-order valence-corrected chi connectivity index (χ0v) is 18.8. The van der Waals surface area contributed by atoms with Gasteiger partial charge in [0.2, 0.25) is 5.91 Å². The molecule has 0 radical (unpaired) electrons. The zero-order valence-electron chi connectivity index (χ0n) is 18.8. The van der Waals surface area contributed by atoms with Crippen LogP contribution in [-0.2, 0) is 16.0 Å². The van der Waals surface area contributed by atoms with Crippen molar-refractivity contribution in [1.82, 2.24) is 14.8 Å². The van der Waals surface area contributed by atoms with E-state index in [1.807, 2.05) is 0 Å². The summed E-state index contributed by atoms with van der Waals surface area (Å²) in [4.78, 5) is 21.2. The normalized spacial score (nSPS) is 27.4. The van der Waals surface area contributed by atoms with Gasteiger partial charge in [-0.1, -0.05) is 18.2 Å². The van der Waals surface area contributed by atoms with Gasteiger partial charge in [0.25, 0.3) is 0 Å². The molecule has 0 bridgehead atoms. The van der Waals surface area contributed by atoms with Gasteiger partial charge in [-0.15, -0.1) is 0 Å². The van der Waals surface area contributed by atoms with Gasteiger partial charge < -0.3 is 14.6 Å². The number of carbonyl (C=O) groups excluding carboxylic acids is 1. The van der Waals surface area contributed by atoms with Crippen LogP contribution in [0, 0.1) is 0 Å². The molecule has 0 aliphatic carbocycles. The number of likely N-dealkylation sites (tertiary alicyclic amines) is 2. The number of nitrogens with one attached hydrogen (secondary N) is 1. The van der Waals surface area contributed by atoms with Crippen molar-refractivity contribution in [3.05, 3.63) is 36.0 Å². The van der Waals surface area contributed by atoms with Crippen molar-refractivity contribution in [2.75, 3.05) is 32.8 Å². The second-order valence-electron chi connectivity index (χ2n) is 9.86. The highest BCUT2D eigenvalue weighted by molar-refractivity contribution is 5.83. The van der Waals surface area contributed by atoms with Gasteiger partial charge in [-0.05, 0) is 76.0 Å². The average Bonchev–Trinajstić information content (AvgIpc) is 3.49. The van der Waals surface area contributed by atoms with Crippen LogP contribution in [0.25, 0.3) is 10.9 Å². The van der Waals surface area contributed by atoms with Crippen LogP contribution in [-0.4, -0.2) is 65.1 Å². The molecule has 2 aromatic rings. The number of aromatic nitrogens is 1. The Morgan fingerprint density at radius 2 is 1.97 bits per heavy atom. The molecule has 1 amide bonds. The molecular formula is C26H37N3O2. The van der Waals surface area contributed by atoms with E-state index in [-0.39, 0.29) is 0 Å². The number of fused-ring (bicyclic) bond motifs is 1. The predicted octanol–water partition coefficient (Wildman–Crippen LogP) is 4.52. The number of nitrogens with zero attached hydrogens (tertiary/aromatic N) is 2. The minimum Gasteiger partial charge on any atom is -0.377 e. The molecule has 1 aromatic heterocycles. The SMILES string of the molecule is O=C(CCCc1c[nH]c2ccccc12)N1CCC[C@]2(CCCN2C[C@H]2CCCO2)CC1. The highest BCUT2D eigenvalue weighted by atomic mass is 16.5. The molecule has 3 fully saturated rings. The molecule has 0 unspecified atom stereocenters. The minimum absolute atomic E-state index is 0.311. The van der Waals surface area contributed by atoms with E-state index in [0.717, 1.165) is 51.9 Å². The summed E-state index contributed by atoms with van der Waals surface area (Å²) in [5.74, 6) is 0.348. The highest BCUT2D eigenvalue weighted by Gasteiger charge is 2.43. The summed E-state index contributed by atoms with van der Waals surface area (Å²) >= 11 is 0. The number of rotatable bonds is 6. The van der Waals surface area contributed by atoms with E-state index in [2.05, 4.69) is 45.2 Å². The van der Waals surface area contributed by atoms with Crippen LogP contribution in [0.15, 0.2) is 30.5 Å². The minimum atomic E-state index is 0.311. The molecule has 1 aromatic carbocycles. The van der Waals surface area contributed by atoms with Crippen molar-refractivity contribution >= 4 is 16.8 Å². The third-order valence-electron chi connectivity index (χ3n) is 7.97. The molecule has 31 heavy (non-hydrogen) atoms. The molecule has 1 N–H and O–H groups in total. The van der Waals surface area contributed by atoms with Gasteiger partial charge in [0.1, 0.15) is 0 Å². The first kappa shape index (κ1) is 21.0. The number of hydrogen-bond acceptors (Lipinski definition) is 3. The molecule has 5 heteroatoms. The first-order valence-corrected chi connectivity index (χ1v) is 12.4. The van der Waals surface area contributed by atoms with Crippen LogP contribution in [0.2, 0.25) is 0 Å². The van der Waals surface area contributed by atoms with Gasteiger partial charge in [0, 0.05) is 55.3 Å². The molecular weight excluding hydrogens is 386 g/mol. The number of amides is 1. The maximum absolute atomic E-state index is 13.0. The number of ether oxygens (including phenoxy) is 1. The maximum Gasteiger partial charge on any atom is 0.222 e. The van der Waals surface area contributed by atoms with Crippen molar-refractivity contribution in [2.24, 2.45) is 0 Å². The summed E-state index contributed by atoms with van der Waals surface area (Å²) in [5.41, 5.74) is 2.82. The summed E-state index contributed by atoms with van der Waals surface area (Å²) in [5, 5.41) is 1.29. The Bertz CT molecular complexity index is 888. The lowest BCUT2D eigenvalue weighted by molar-refractivity contribution is -0.131. The second-order valence-corrected chi connectivity index (χ2v) is 9.86. The quantitative estimate of drug-likeness (QED) is 0.743. The molecule has 5 nitrogen and oxygen atoms in total.